The molecule has 2 aromatic rings. The van der Waals surface area contributed by atoms with Gasteiger partial charge in [-0.3, -0.25) is 0 Å². The lowest BCUT2D eigenvalue weighted by atomic mass is 9.80. The van der Waals surface area contributed by atoms with Crippen molar-refractivity contribution in [3.63, 3.8) is 0 Å². The second kappa shape index (κ2) is 8.47. The first-order chi connectivity index (χ1) is 11.5. The van der Waals surface area contributed by atoms with E-state index in [1.165, 1.54) is 0 Å². The summed E-state index contributed by atoms with van der Waals surface area (Å²) in [7, 11) is -1.87. The molecule has 5 nitrogen and oxygen atoms in total. The summed E-state index contributed by atoms with van der Waals surface area (Å²) in [6.45, 7) is 2.74. The molecule has 1 aliphatic rings. The van der Waals surface area contributed by atoms with Gasteiger partial charge in [-0.15, -0.1) is 12.4 Å². The van der Waals surface area contributed by atoms with E-state index in [9.17, 15) is 8.42 Å². The van der Waals surface area contributed by atoms with Crippen LogP contribution in [0.2, 0.25) is 0 Å². The van der Waals surface area contributed by atoms with Gasteiger partial charge in [-0.2, -0.15) is 0 Å². The molecule has 1 aliphatic heterocycles. The molecule has 2 aromatic carbocycles. The number of methoxy groups -OCH3 is 1. The van der Waals surface area contributed by atoms with Crippen LogP contribution in [0.4, 0.5) is 0 Å². The molecule has 2 N–H and O–H groups in total. The number of hydrogen-bond acceptors (Lipinski definition) is 4. The minimum Gasteiger partial charge on any atom is -0.384 e. The Hall–Kier alpha value is -1.18. The molecule has 1 saturated heterocycles. The second-order valence-electron chi connectivity index (χ2n) is 6.52. The number of piperidine rings is 1. The van der Waals surface area contributed by atoms with Crippen LogP contribution in [0.25, 0.3) is 10.8 Å². The Balaban J connectivity index is 0.00000225. The van der Waals surface area contributed by atoms with Gasteiger partial charge in [-0.25, -0.2) is 13.1 Å². The topological polar surface area (TPSA) is 67.4 Å². The van der Waals surface area contributed by atoms with E-state index in [0.717, 1.165) is 36.7 Å². The highest BCUT2D eigenvalue weighted by atomic mass is 35.5. The van der Waals surface area contributed by atoms with Gasteiger partial charge >= 0.3 is 0 Å². The van der Waals surface area contributed by atoms with E-state index in [1.54, 1.807) is 19.2 Å². The maximum atomic E-state index is 12.7. The van der Waals surface area contributed by atoms with Crippen LogP contribution in [0, 0.1) is 5.41 Å². The van der Waals surface area contributed by atoms with Crippen LogP contribution in [-0.2, 0) is 14.8 Å². The number of halogens is 1. The van der Waals surface area contributed by atoms with Gasteiger partial charge < -0.3 is 10.1 Å². The molecule has 1 fully saturated rings. The van der Waals surface area contributed by atoms with Crippen LogP contribution >= 0.6 is 12.4 Å². The Labute approximate surface area is 155 Å². The molecule has 0 spiro atoms. The highest BCUT2D eigenvalue weighted by molar-refractivity contribution is 7.89. The van der Waals surface area contributed by atoms with Crippen molar-refractivity contribution in [2.45, 2.75) is 17.7 Å². The lowest BCUT2D eigenvalue weighted by Crippen LogP contribution is -2.47. The van der Waals surface area contributed by atoms with Crippen molar-refractivity contribution in [1.29, 1.82) is 0 Å². The van der Waals surface area contributed by atoms with Gasteiger partial charge in [0.1, 0.15) is 0 Å². The first-order valence-electron chi connectivity index (χ1n) is 8.23. The van der Waals surface area contributed by atoms with Crippen LogP contribution in [0.15, 0.2) is 47.4 Å². The van der Waals surface area contributed by atoms with E-state index >= 15 is 0 Å². The highest BCUT2D eigenvalue weighted by Gasteiger charge is 2.33. The van der Waals surface area contributed by atoms with Crippen molar-refractivity contribution >= 4 is 33.2 Å². The summed E-state index contributed by atoms with van der Waals surface area (Å²) in [6.07, 6.45) is 1.81. The van der Waals surface area contributed by atoms with E-state index in [-0.39, 0.29) is 17.8 Å². The summed E-state index contributed by atoms with van der Waals surface area (Å²) < 4.78 is 33.5. The van der Waals surface area contributed by atoms with Gasteiger partial charge in [-0.05, 0) is 48.8 Å². The predicted octanol–water partition coefficient (Wildman–Crippen LogP) is 2.56. The van der Waals surface area contributed by atoms with Gasteiger partial charge in [0.2, 0.25) is 10.0 Å². The Kier molecular flexibility index (Phi) is 6.82. The molecule has 0 aromatic heterocycles. The van der Waals surface area contributed by atoms with Crippen molar-refractivity contribution < 1.29 is 13.2 Å². The Bertz CT molecular complexity index is 799. The van der Waals surface area contributed by atoms with Crippen molar-refractivity contribution in [1.82, 2.24) is 10.0 Å². The molecule has 3 rings (SSSR count). The SMILES string of the molecule is COCC1(CNS(=O)(=O)c2ccc3ccccc3c2)CCNCC1.Cl. The first-order valence-corrected chi connectivity index (χ1v) is 9.71. The van der Waals surface area contributed by atoms with Crippen LogP contribution in [0.1, 0.15) is 12.8 Å². The summed E-state index contributed by atoms with van der Waals surface area (Å²) in [6, 6.07) is 13.0. The fourth-order valence-corrected chi connectivity index (χ4v) is 4.49. The van der Waals surface area contributed by atoms with Crippen molar-refractivity contribution in [3.8, 4) is 0 Å². The van der Waals surface area contributed by atoms with Crippen LogP contribution in [0.5, 0.6) is 0 Å². The van der Waals surface area contributed by atoms with Gasteiger partial charge in [-0.1, -0.05) is 30.3 Å². The van der Waals surface area contributed by atoms with Gasteiger partial charge in [0.05, 0.1) is 11.5 Å². The molecular weight excluding hydrogens is 360 g/mol. The zero-order chi connectivity index (χ0) is 17.0. The molecule has 0 atom stereocenters. The molecule has 0 saturated carbocycles. The Morgan fingerprint density at radius 2 is 1.80 bits per heavy atom. The number of hydrogen-bond donors (Lipinski definition) is 2. The standard InChI is InChI=1S/C18H24N2O3S.ClH/c1-23-14-18(8-10-19-11-9-18)13-20-24(21,22)17-7-6-15-4-2-3-5-16(15)12-17;/h2-7,12,19-20H,8-11,13-14H2,1H3;1H. The van der Waals surface area contributed by atoms with Crippen molar-refractivity contribution in [3.05, 3.63) is 42.5 Å². The van der Waals surface area contributed by atoms with E-state index in [0.29, 0.717) is 18.0 Å². The molecule has 1 heterocycles. The summed E-state index contributed by atoms with van der Waals surface area (Å²) in [5.41, 5.74) is -0.135. The van der Waals surface area contributed by atoms with Crippen LogP contribution < -0.4 is 10.0 Å². The third-order valence-electron chi connectivity index (χ3n) is 4.78. The maximum Gasteiger partial charge on any atom is 0.240 e. The van der Waals surface area contributed by atoms with E-state index < -0.39 is 10.0 Å². The third-order valence-corrected chi connectivity index (χ3v) is 6.18. The minimum atomic E-state index is -3.53. The first kappa shape index (κ1) is 20.1. The average molecular weight is 385 g/mol. The predicted molar refractivity (Wildman–Crippen MR) is 103 cm³/mol. The van der Waals surface area contributed by atoms with Crippen molar-refractivity contribution in [2.24, 2.45) is 5.41 Å². The smallest absolute Gasteiger partial charge is 0.240 e. The van der Waals surface area contributed by atoms with Crippen LogP contribution in [0.3, 0.4) is 0 Å². The Morgan fingerprint density at radius 1 is 1.12 bits per heavy atom. The molecule has 0 unspecified atom stereocenters. The monoisotopic (exact) mass is 384 g/mol. The average Bonchev–Trinajstić information content (AvgIpc) is 2.61. The number of ether oxygens (including phenoxy) is 1. The van der Waals surface area contributed by atoms with Crippen molar-refractivity contribution in [2.75, 3.05) is 33.4 Å². The van der Waals surface area contributed by atoms with E-state index in [2.05, 4.69) is 10.0 Å². The summed E-state index contributed by atoms with van der Waals surface area (Å²) in [5, 5.41) is 5.27. The molecule has 25 heavy (non-hydrogen) atoms. The normalized spacial score (nSPS) is 17.2. The molecule has 0 amide bonds. The maximum absolute atomic E-state index is 12.7. The number of sulfonamides is 1. The quantitative estimate of drug-likeness (QED) is 0.803. The fraction of sp³-hybridized carbons (Fsp3) is 0.444. The van der Waals surface area contributed by atoms with E-state index in [4.69, 9.17) is 4.74 Å². The number of fused-ring (bicyclic) bond motifs is 1. The highest BCUT2D eigenvalue weighted by Crippen LogP contribution is 2.29. The van der Waals surface area contributed by atoms with Gasteiger partial charge in [0.15, 0.2) is 0 Å². The second-order valence-corrected chi connectivity index (χ2v) is 8.28. The summed E-state index contributed by atoms with van der Waals surface area (Å²) in [5.74, 6) is 0. The molecule has 0 aliphatic carbocycles. The summed E-state index contributed by atoms with van der Waals surface area (Å²) >= 11 is 0. The Morgan fingerprint density at radius 3 is 2.48 bits per heavy atom. The van der Waals surface area contributed by atoms with E-state index in [1.807, 2.05) is 30.3 Å². The minimum absolute atomic E-state index is 0. The molecule has 138 valence electrons. The largest absolute Gasteiger partial charge is 0.384 e. The zero-order valence-electron chi connectivity index (χ0n) is 14.3. The number of nitrogens with one attached hydrogen (secondary N) is 2. The zero-order valence-corrected chi connectivity index (χ0v) is 16.0. The lowest BCUT2D eigenvalue weighted by Gasteiger charge is -2.37. The molecule has 7 heteroatoms. The molecule has 0 bridgehead atoms. The van der Waals surface area contributed by atoms with Gasteiger partial charge in [0, 0.05) is 19.1 Å². The lowest BCUT2D eigenvalue weighted by molar-refractivity contribution is 0.0577. The third kappa shape index (κ3) is 4.71. The number of rotatable bonds is 6. The molecular formula is C18H25ClN2O3S. The van der Waals surface area contributed by atoms with Gasteiger partial charge in [0.25, 0.3) is 0 Å². The molecule has 0 radical (unpaired) electrons. The fourth-order valence-electron chi connectivity index (χ4n) is 3.30. The summed E-state index contributed by atoms with van der Waals surface area (Å²) in [4.78, 5) is 0.308. The van der Waals surface area contributed by atoms with Crippen LogP contribution in [-0.4, -0.2) is 41.8 Å². The number of benzene rings is 2.